The number of hydrogen-bond donors (Lipinski definition) is 1. The number of furan rings is 1. The predicted molar refractivity (Wildman–Crippen MR) is 112 cm³/mol. The van der Waals surface area contributed by atoms with E-state index in [1.807, 2.05) is 28.2 Å². The Morgan fingerprint density at radius 2 is 2.03 bits per heavy atom. The number of nitrogens with one attached hydrogen (secondary N) is 1. The van der Waals surface area contributed by atoms with E-state index in [2.05, 4.69) is 24.6 Å². The lowest BCUT2D eigenvalue weighted by molar-refractivity contribution is 0.120. The molecule has 4 rings (SSSR count). The molecule has 1 aromatic heterocycles. The first kappa shape index (κ1) is 20.2. The Balaban J connectivity index is 1.63. The molecule has 1 aromatic carbocycles. The first-order valence-electron chi connectivity index (χ1n) is 10.3. The second-order valence-corrected chi connectivity index (χ2v) is 10.3. The number of fused-ring (bicyclic) bond motifs is 1. The molecule has 0 radical (unpaired) electrons. The molecule has 2 aromatic rings. The molecular formula is C21H29N3O4S. The molecule has 158 valence electrons. The minimum absolute atomic E-state index is 0.0197. The molecule has 1 N–H and O–H groups in total. The maximum atomic E-state index is 12.9. The summed E-state index contributed by atoms with van der Waals surface area (Å²) in [6, 6.07) is 5.64. The number of benzene rings is 1. The minimum atomic E-state index is -3.35. The molecule has 0 aliphatic carbocycles. The second kappa shape index (κ2) is 7.65. The van der Waals surface area contributed by atoms with Gasteiger partial charge in [-0.25, -0.2) is 17.9 Å². The number of likely N-dealkylation sites (tertiary alicyclic amines) is 2. The summed E-state index contributed by atoms with van der Waals surface area (Å²) in [6.07, 6.45) is 5.25. The molecule has 2 aliphatic heterocycles. The van der Waals surface area contributed by atoms with Gasteiger partial charge in [-0.2, -0.15) is 0 Å². The highest BCUT2D eigenvalue weighted by Crippen LogP contribution is 2.30. The average Bonchev–Trinajstić information content (AvgIpc) is 3.16. The van der Waals surface area contributed by atoms with E-state index in [4.69, 9.17) is 4.42 Å². The Morgan fingerprint density at radius 3 is 2.66 bits per heavy atom. The topological polar surface area (TPSA) is 82.9 Å². The Bertz CT molecular complexity index is 1010. The van der Waals surface area contributed by atoms with Gasteiger partial charge in [0.15, 0.2) is 0 Å². The van der Waals surface area contributed by atoms with Gasteiger partial charge in [-0.3, -0.25) is 0 Å². The molecular weight excluding hydrogens is 390 g/mol. The van der Waals surface area contributed by atoms with Crippen LogP contribution in [-0.2, 0) is 16.4 Å². The van der Waals surface area contributed by atoms with Crippen molar-refractivity contribution in [3.05, 3.63) is 35.6 Å². The van der Waals surface area contributed by atoms with Crippen LogP contribution in [0.4, 0.5) is 4.79 Å². The fraction of sp³-hybridized carbons (Fsp3) is 0.571. The van der Waals surface area contributed by atoms with Gasteiger partial charge in [-0.15, -0.1) is 0 Å². The van der Waals surface area contributed by atoms with Gasteiger partial charge in [0.1, 0.15) is 5.58 Å². The number of carbonyl (C=O) groups is 1. The lowest BCUT2D eigenvalue weighted by Gasteiger charge is -2.37. The summed E-state index contributed by atoms with van der Waals surface area (Å²) in [7, 11) is -3.35. The van der Waals surface area contributed by atoms with Crippen LogP contribution in [0.15, 0.2) is 28.9 Å². The quantitative estimate of drug-likeness (QED) is 0.808. The maximum Gasteiger partial charge on any atom is 0.320 e. The minimum Gasteiger partial charge on any atom is -0.464 e. The van der Waals surface area contributed by atoms with Crippen LogP contribution in [0.2, 0.25) is 0 Å². The van der Waals surface area contributed by atoms with Gasteiger partial charge in [0.05, 0.1) is 18.6 Å². The van der Waals surface area contributed by atoms with E-state index in [1.54, 1.807) is 0 Å². The van der Waals surface area contributed by atoms with Crippen molar-refractivity contribution >= 4 is 27.0 Å². The standard InChI is InChI=1S/C21H29N3O4S/c1-14(2)17-13-28-20-6-5-15(11-16(17)20)12-19-18(22-29(3,26)27)7-10-24(19)21(25)23-8-4-9-23/h5-6,11,13-14,18-19,22H,4,7-10,12H2,1-3H3/t18-,19-/m0/s1. The van der Waals surface area contributed by atoms with Crippen LogP contribution in [0.25, 0.3) is 11.0 Å². The smallest absolute Gasteiger partial charge is 0.320 e. The Morgan fingerprint density at radius 1 is 1.28 bits per heavy atom. The van der Waals surface area contributed by atoms with Crippen molar-refractivity contribution in [1.82, 2.24) is 14.5 Å². The monoisotopic (exact) mass is 419 g/mol. The summed E-state index contributed by atoms with van der Waals surface area (Å²) in [5.41, 5.74) is 3.09. The lowest BCUT2D eigenvalue weighted by atomic mass is 9.97. The molecule has 2 fully saturated rings. The number of urea groups is 1. The van der Waals surface area contributed by atoms with Crippen molar-refractivity contribution in [1.29, 1.82) is 0 Å². The second-order valence-electron chi connectivity index (χ2n) is 8.55. The van der Waals surface area contributed by atoms with Gasteiger partial charge >= 0.3 is 6.03 Å². The molecule has 0 saturated carbocycles. The molecule has 7 nitrogen and oxygen atoms in total. The first-order chi connectivity index (χ1) is 13.7. The van der Waals surface area contributed by atoms with Gasteiger partial charge in [0.25, 0.3) is 0 Å². The molecule has 2 aliphatic rings. The van der Waals surface area contributed by atoms with E-state index < -0.39 is 10.0 Å². The Hall–Kier alpha value is -2.06. The molecule has 0 bridgehead atoms. The zero-order chi connectivity index (χ0) is 20.8. The fourth-order valence-corrected chi connectivity index (χ4v) is 5.18. The fourth-order valence-electron chi connectivity index (χ4n) is 4.36. The number of hydrogen-bond acceptors (Lipinski definition) is 4. The Labute approximate surface area is 172 Å². The SMILES string of the molecule is CC(C)c1coc2ccc(C[C@H]3[C@@H](NS(C)(=O)=O)CCN3C(=O)N3CCC3)cc12. The van der Waals surface area contributed by atoms with Gasteiger partial charge in [-0.05, 0) is 42.9 Å². The maximum absolute atomic E-state index is 12.9. The third-order valence-electron chi connectivity index (χ3n) is 6.02. The zero-order valence-corrected chi connectivity index (χ0v) is 18.0. The average molecular weight is 420 g/mol. The molecule has 29 heavy (non-hydrogen) atoms. The van der Waals surface area contributed by atoms with Crippen LogP contribution in [0, 0.1) is 0 Å². The number of nitrogens with zero attached hydrogens (tertiary/aromatic N) is 2. The van der Waals surface area contributed by atoms with E-state index >= 15 is 0 Å². The van der Waals surface area contributed by atoms with E-state index in [1.165, 1.54) is 6.26 Å². The number of sulfonamides is 1. The van der Waals surface area contributed by atoms with Crippen molar-refractivity contribution in [2.75, 3.05) is 25.9 Å². The van der Waals surface area contributed by atoms with Crippen LogP contribution in [-0.4, -0.2) is 62.2 Å². The summed E-state index contributed by atoms with van der Waals surface area (Å²) in [4.78, 5) is 16.6. The van der Waals surface area contributed by atoms with Crippen molar-refractivity contribution < 1.29 is 17.6 Å². The van der Waals surface area contributed by atoms with Gasteiger partial charge in [0, 0.05) is 36.6 Å². The largest absolute Gasteiger partial charge is 0.464 e. The van der Waals surface area contributed by atoms with Crippen LogP contribution in [0.1, 0.15) is 43.7 Å². The van der Waals surface area contributed by atoms with E-state index in [0.29, 0.717) is 25.3 Å². The summed E-state index contributed by atoms with van der Waals surface area (Å²) in [5.74, 6) is 0.349. The van der Waals surface area contributed by atoms with Crippen molar-refractivity contribution in [3.8, 4) is 0 Å². The van der Waals surface area contributed by atoms with Crippen LogP contribution in [0.3, 0.4) is 0 Å². The van der Waals surface area contributed by atoms with Gasteiger partial charge in [-0.1, -0.05) is 19.9 Å². The van der Waals surface area contributed by atoms with Crippen LogP contribution >= 0.6 is 0 Å². The van der Waals surface area contributed by atoms with Crippen molar-refractivity contribution in [3.63, 3.8) is 0 Å². The van der Waals surface area contributed by atoms with E-state index in [0.717, 1.165) is 41.6 Å². The number of carbonyl (C=O) groups excluding carboxylic acids is 1. The van der Waals surface area contributed by atoms with Gasteiger partial charge in [0.2, 0.25) is 10.0 Å². The molecule has 0 unspecified atom stereocenters. The van der Waals surface area contributed by atoms with Crippen molar-refractivity contribution in [2.45, 2.75) is 51.1 Å². The summed E-state index contributed by atoms with van der Waals surface area (Å²) in [6.45, 7) is 6.40. The highest BCUT2D eigenvalue weighted by molar-refractivity contribution is 7.88. The predicted octanol–water partition coefficient (Wildman–Crippen LogP) is 2.92. The Kier molecular flexibility index (Phi) is 5.33. The third kappa shape index (κ3) is 4.14. The molecule has 8 heteroatoms. The summed E-state index contributed by atoms with van der Waals surface area (Å²) in [5, 5.41) is 1.09. The van der Waals surface area contributed by atoms with Crippen LogP contribution < -0.4 is 4.72 Å². The molecule has 0 spiro atoms. The number of amides is 2. The van der Waals surface area contributed by atoms with E-state index in [9.17, 15) is 13.2 Å². The third-order valence-corrected chi connectivity index (χ3v) is 6.75. The highest BCUT2D eigenvalue weighted by atomic mass is 32.2. The molecule has 2 amide bonds. The van der Waals surface area contributed by atoms with E-state index in [-0.39, 0.29) is 18.1 Å². The summed E-state index contributed by atoms with van der Waals surface area (Å²) >= 11 is 0. The van der Waals surface area contributed by atoms with Gasteiger partial charge < -0.3 is 14.2 Å². The highest BCUT2D eigenvalue weighted by Gasteiger charge is 2.40. The van der Waals surface area contributed by atoms with Crippen molar-refractivity contribution in [2.24, 2.45) is 0 Å². The van der Waals surface area contributed by atoms with Crippen LogP contribution in [0.5, 0.6) is 0 Å². The zero-order valence-electron chi connectivity index (χ0n) is 17.2. The number of rotatable bonds is 5. The first-order valence-corrected chi connectivity index (χ1v) is 12.1. The molecule has 2 saturated heterocycles. The molecule has 3 heterocycles. The lowest BCUT2D eigenvalue weighted by Crippen LogP contribution is -2.54. The normalized spacial score (nSPS) is 22.5. The molecule has 2 atom stereocenters. The summed E-state index contributed by atoms with van der Waals surface area (Å²) < 4.78 is 32.2.